The molecule has 1 aliphatic rings. The fourth-order valence-electron chi connectivity index (χ4n) is 2.08. The summed E-state index contributed by atoms with van der Waals surface area (Å²) < 4.78 is 4.60. The van der Waals surface area contributed by atoms with Gasteiger partial charge in [0.15, 0.2) is 0 Å². The molecule has 6 nitrogen and oxygen atoms in total. The molecule has 0 atom stereocenters. The van der Waals surface area contributed by atoms with Crippen LogP contribution in [0.15, 0.2) is 12.4 Å². The van der Waals surface area contributed by atoms with Gasteiger partial charge in [0.2, 0.25) is 5.95 Å². The lowest BCUT2D eigenvalue weighted by Crippen LogP contribution is -2.37. The molecule has 2 heterocycles. The van der Waals surface area contributed by atoms with Gasteiger partial charge in [-0.1, -0.05) is 0 Å². The summed E-state index contributed by atoms with van der Waals surface area (Å²) >= 11 is 0. The number of halogens is 1. The first kappa shape index (κ1) is 15.7. The molecule has 0 aromatic carbocycles. The SMILES string of the molecule is COC(=O)c1cnc(N2CCC(CN)CC2)nc1.Cl. The summed E-state index contributed by atoms with van der Waals surface area (Å²) in [6, 6.07) is 0. The molecule has 0 bridgehead atoms. The van der Waals surface area contributed by atoms with E-state index in [1.54, 1.807) is 0 Å². The van der Waals surface area contributed by atoms with E-state index >= 15 is 0 Å². The van der Waals surface area contributed by atoms with Crippen molar-refractivity contribution in [3.8, 4) is 0 Å². The molecule has 0 radical (unpaired) electrons. The van der Waals surface area contributed by atoms with Gasteiger partial charge in [-0.05, 0) is 25.3 Å². The van der Waals surface area contributed by atoms with Crippen LogP contribution in [0.4, 0.5) is 5.95 Å². The molecule has 7 heteroatoms. The van der Waals surface area contributed by atoms with E-state index in [2.05, 4.69) is 19.6 Å². The minimum atomic E-state index is -0.414. The maximum Gasteiger partial charge on any atom is 0.341 e. The molecule has 106 valence electrons. The van der Waals surface area contributed by atoms with Crippen LogP contribution in [0.1, 0.15) is 23.2 Å². The van der Waals surface area contributed by atoms with Crippen LogP contribution in [0, 0.1) is 5.92 Å². The van der Waals surface area contributed by atoms with E-state index in [4.69, 9.17) is 5.73 Å². The zero-order valence-corrected chi connectivity index (χ0v) is 11.7. The van der Waals surface area contributed by atoms with Crippen LogP contribution in [0.3, 0.4) is 0 Å². The first-order valence-corrected chi connectivity index (χ1v) is 6.10. The minimum Gasteiger partial charge on any atom is -0.465 e. The average Bonchev–Trinajstić information content (AvgIpc) is 2.47. The fraction of sp³-hybridized carbons (Fsp3) is 0.583. The van der Waals surface area contributed by atoms with Gasteiger partial charge in [0.05, 0.1) is 12.7 Å². The summed E-state index contributed by atoms with van der Waals surface area (Å²) in [5.41, 5.74) is 6.03. The largest absolute Gasteiger partial charge is 0.465 e. The molecule has 1 fully saturated rings. The highest BCUT2D eigenvalue weighted by Gasteiger charge is 2.20. The second-order valence-electron chi connectivity index (χ2n) is 4.43. The molecule has 0 amide bonds. The maximum atomic E-state index is 11.3. The summed E-state index contributed by atoms with van der Waals surface area (Å²) in [7, 11) is 1.34. The van der Waals surface area contributed by atoms with Crippen molar-refractivity contribution in [3.05, 3.63) is 18.0 Å². The number of hydrogen-bond donors (Lipinski definition) is 1. The molecular weight excluding hydrogens is 268 g/mol. The predicted octanol–water partition coefficient (Wildman–Crippen LogP) is 0.860. The Bertz CT molecular complexity index is 405. The Morgan fingerprint density at radius 2 is 2.00 bits per heavy atom. The molecule has 1 saturated heterocycles. The summed E-state index contributed by atoms with van der Waals surface area (Å²) in [6.07, 6.45) is 5.14. The molecule has 19 heavy (non-hydrogen) atoms. The van der Waals surface area contributed by atoms with Crippen molar-refractivity contribution >= 4 is 24.3 Å². The van der Waals surface area contributed by atoms with Gasteiger partial charge in [-0.3, -0.25) is 0 Å². The van der Waals surface area contributed by atoms with E-state index in [1.165, 1.54) is 19.5 Å². The van der Waals surface area contributed by atoms with Crippen molar-refractivity contribution in [2.75, 3.05) is 31.6 Å². The van der Waals surface area contributed by atoms with Crippen LogP contribution in [-0.2, 0) is 4.74 Å². The lowest BCUT2D eigenvalue weighted by molar-refractivity contribution is 0.0600. The second kappa shape index (κ2) is 7.25. The van der Waals surface area contributed by atoms with Crippen LogP contribution in [0.25, 0.3) is 0 Å². The first-order valence-electron chi connectivity index (χ1n) is 6.10. The summed E-state index contributed by atoms with van der Waals surface area (Å²) in [5.74, 6) is 0.858. The predicted molar refractivity (Wildman–Crippen MR) is 74.6 cm³/mol. The van der Waals surface area contributed by atoms with E-state index < -0.39 is 5.97 Å². The van der Waals surface area contributed by atoms with Gasteiger partial charge >= 0.3 is 5.97 Å². The van der Waals surface area contributed by atoms with Gasteiger partial charge in [0.1, 0.15) is 0 Å². The quantitative estimate of drug-likeness (QED) is 0.830. The normalized spacial score (nSPS) is 15.8. The van der Waals surface area contributed by atoms with Gasteiger partial charge in [-0.2, -0.15) is 0 Å². The third kappa shape index (κ3) is 3.78. The molecule has 1 aromatic rings. The Labute approximate surface area is 118 Å². The number of nitrogens with two attached hydrogens (primary N) is 1. The smallest absolute Gasteiger partial charge is 0.341 e. The number of nitrogens with zero attached hydrogens (tertiary/aromatic N) is 3. The van der Waals surface area contributed by atoms with E-state index in [9.17, 15) is 4.79 Å². The van der Waals surface area contributed by atoms with Gasteiger partial charge < -0.3 is 15.4 Å². The Kier molecular flexibility index (Phi) is 5.98. The fourth-order valence-corrected chi connectivity index (χ4v) is 2.08. The third-order valence-corrected chi connectivity index (χ3v) is 3.29. The Hall–Kier alpha value is -1.40. The number of piperidine rings is 1. The Balaban J connectivity index is 0.00000180. The molecule has 0 unspecified atom stereocenters. The monoisotopic (exact) mass is 286 g/mol. The van der Waals surface area contributed by atoms with Crippen molar-refractivity contribution < 1.29 is 9.53 Å². The molecule has 2 N–H and O–H groups in total. The van der Waals surface area contributed by atoms with Crippen LogP contribution in [0.5, 0.6) is 0 Å². The number of aromatic nitrogens is 2. The zero-order valence-electron chi connectivity index (χ0n) is 10.9. The van der Waals surface area contributed by atoms with E-state index in [0.29, 0.717) is 17.4 Å². The molecular formula is C12H19ClN4O2. The van der Waals surface area contributed by atoms with Crippen LogP contribution in [-0.4, -0.2) is 42.7 Å². The van der Waals surface area contributed by atoms with Gasteiger partial charge in [0.25, 0.3) is 0 Å². The second-order valence-corrected chi connectivity index (χ2v) is 4.43. The Morgan fingerprint density at radius 1 is 1.42 bits per heavy atom. The number of anilines is 1. The van der Waals surface area contributed by atoms with E-state index in [-0.39, 0.29) is 12.4 Å². The standard InChI is InChI=1S/C12H18N4O2.ClH/c1-18-11(17)10-7-14-12(15-8-10)16-4-2-9(6-13)3-5-16;/h7-9H,2-6,13H2,1H3;1H. The van der Waals surface area contributed by atoms with Crippen LogP contribution < -0.4 is 10.6 Å². The van der Waals surface area contributed by atoms with Crippen molar-refractivity contribution in [3.63, 3.8) is 0 Å². The third-order valence-electron chi connectivity index (χ3n) is 3.29. The van der Waals surface area contributed by atoms with Crippen LogP contribution >= 0.6 is 12.4 Å². The first-order chi connectivity index (χ1) is 8.74. The highest BCUT2D eigenvalue weighted by molar-refractivity contribution is 5.88. The van der Waals surface area contributed by atoms with Crippen molar-refractivity contribution in [2.24, 2.45) is 11.7 Å². The van der Waals surface area contributed by atoms with Crippen molar-refractivity contribution in [1.82, 2.24) is 9.97 Å². The zero-order chi connectivity index (χ0) is 13.0. The molecule has 0 saturated carbocycles. The van der Waals surface area contributed by atoms with Gasteiger partial charge in [-0.15, -0.1) is 12.4 Å². The Morgan fingerprint density at radius 3 is 2.47 bits per heavy atom. The number of esters is 1. The minimum absolute atomic E-state index is 0. The highest BCUT2D eigenvalue weighted by atomic mass is 35.5. The van der Waals surface area contributed by atoms with Gasteiger partial charge in [-0.25, -0.2) is 14.8 Å². The van der Waals surface area contributed by atoms with E-state index in [1.807, 2.05) is 0 Å². The number of carbonyl (C=O) groups is 1. The lowest BCUT2D eigenvalue weighted by Gasteiger charge is -2.31. The summed E-state index contributed by atoms with van der Waals surface area (Å²) in [6.45, 7) is 2.58. The number of carbonyl (C=O) groups excluding carboxylic acids is 1. The number of hydrogen-bond acceptors (Lipinski definition) is 6. The molecule has 1 aliphatic heterocycles. The summed E-state index contributed by atoms with van der Waals surface area (Å²) in [4.78, 5) is 21.8. The molecule has 1 aromatic heterocycles. The molecule has 0 aliphatic carbocycles. The van der Waals surface area contributed by atoms with E-state index in [0.717, 1.165) is 32.5 Å². The number of methoxy groups -OCH3 is 1. The maximum absolute atomic E-state index is 11.3. The van der Waals surface area contributed by atoms with Crippen molar-refractivity contribution in [2.45, 2.75) is 12.8 Å². The average molecular weight is 287 g/mol. The molecule has 2 rings (SSSR count). The van der Waals surface area contributed by atoms with Gasteiger partial charge in [0, 0.05) is 25.5 Å². The van der Waals surface area contributed by atoms with Crippen LogP contribution in [0.2, 0.25) is 0 Å². The highest BCUT2D eigenvalue weighted by Crippen LogP contribution is 2.19. The number of ether oxygens (including phenoxy) is 1. The lowest BCUT2D eigenvalue weighted by atomic mass is 9.97. The number of rotatable bonds is 3. The summed E-state index contributed by atoms with van der Waals surface area (Å²) in [5, 5.41) is 0. The topological polar surface area (TPSA) is 81.3 Å². The molecule has 0 spiro atoms. The van der Waals surface area contributed by atoms with Crippen molar-refractivity contribution in [1.29, 1.82) is 0 Å².